The molecule has 0 bridgehead atoms. The Hall–Kier alpha value is -1.51. The smallest absolute Gasteiger partial charge is 0.226 e. The lowest BCUT2D eigenvalue weighted by Gasteiger charge is -2.26. The van der Waals surface area contributed by atoms with Crippen molar-refractivity contribution in [2.45, 2.75) is 45.2 Å². The van der Waals surface area contributed by atoms with Crippen molar-refractivity contribution < 1.29 is 4.79 Å². The van der Waals surface area contributed by atoms with E-state index in [1.807, 2.05) is 24.3 Å². The quantitative estimate of drug-likeness (QED) is 0.825. The molecule has 0 spiro atoms. The van der Waals surface area contributed by atoms with Crippen LogP contribution in [0.3, 0.4) is 0 Å². The van der Waals surface area contributed by atoms with Crippen LogP contribution < -0.4 is 5.73 Å². The molecular weight excluding hydrogens is 236 g/mol. The topological polar surface area (TPSA) is 46.3 Å². The summed E-state index contributed by atoms with van der Waals surface area (Å²) in [7, 11) is 0. The number of carbonyl (C=O) groups is 1. The predicted octanol–water partition coefficient (Wildman–Crippen LogP) is 2.81. The Bertz CT molecular complexity index is 460. The molecule has 0 aromatic heterocycles. The number of nitrogens with two attached hydrogens (primary N) is 1. The minimum atomic E-state index is 0.203. The Labute approximate surface area is 114 Å². The molecule has 2 aliphatic carbocycles. The van der Waals surface area contributed by atoms with Gasteiger partial charge in [0, 0.05) is 24.2 Å². The highest BCUT2D eigenvalue weighted by Crippen LogP contribution is 2.39. The van der Waals surface area contributed by atoms with Crippen molar-refractivity contribution in [1.82, 2.24) is 4.90 Å². The predicted molar refractivity (Wildman–Crippen MR) is 76.3 cm³/mol. The number of nitrogens with zero attached hydrogens (tertiary/aromatic N) is 1. The van der Waals surface area contributed by atoms with Gasteiger partial charge in [-0.15, -0.1) is 0 Å². The second kappa shape index (κ2) is 4.87. The third-order valence-corrected chi connectivity index (χ3v) is 4.32. The Balaban J connectivity index is 1.70. The van der Waals surface area contributed by atoms with Gasteiger partial charge in [0.25, 0.3) is 0 Å². The van der Waals surface area contributed by atoms with E-state index < -0.39 is 0 Å². The summed E-state index contributed by atoms with van der Waals surface area (Å²) in [4.78, 5) is 14.7. The maximum absolute atomic E-state index is 12.6. The Morgan fingerprint density at radius 2 is 1.89 bits per heavy atom. The number of benzene rings is 1. The van der Waals surface area contributed by atoms with Crippen molar-refractivity contribution in [3.05, 3.63) is 29.8 Å². The molecule has 1 aromatic rings. The maximum atomic E-state index is 12.6. The molecule has 3 nitrogen and oxygen atoms in total. The van der Waals surface area contributed by atoms with Crippen LogP contribution in [-0.2, 0) is 11.3 Å². The van der Waals surface area contributed by atoms with Crippen LogP contribution in [0.1, 0.15) is 38.2 Å². The fraction of sp³-hybridized carbons (Fsp3) is 0.562. The normalized spacial score (nSPS) is 20.1. The highest BCUT2D eigenvalue weighted by Gasteiger charge is 2.39. The van der Waals surface area contributed by atoms with Crippen molar-refractivity contribution in [2.24, 2.45) is 11.8 Å². The summed E-state index contributed by atoms with van der Waals surface area (Å²) in [6.07, 6.45) is 4.79. The van der Waals surface area contributed by atoms with Gasteiger partial charge in [0.2, 0.25) is 5.91 Å². The van der Waals surface area contributed by atoms with Crippen LogP contribution in [0.5, 0.6) is 0 Å². The summed E-state index contributed by atoms with van der Waals surface area (Å²) in [6, 6.07) is 8.36. The number of hydrogen-bond acceptors (Lipinski definition) is 2. The molecule has 3 rings (SSSR count). The molecule has 2 aliphatic rings. The van der Waals surface area contributed by atoms with E-state index in [0.29, 0.717) is 17.9 Å². The minimum Gasteiger partial charge on any atom is -0.399 e. The summed E-state index contributed by atoms with van der Waals surface area (Å²) in [5.74, 6) is 1.19. The first-order valence-electron chi connectivity index (χ1n) is 7.30. The highest BCUT2D eigenvalue weighted by molar-refractivity contribution is 5.79. The molecule has 102 valence electrons. The fourth-order valence-electron chi connectivity index (χ4n) is 2.65. The number of nitrogen functional groups attached to an aromatic ring is 1. The van der Waals surface area contributed by atoms with Gasteiger partial charge in [0.05, 0.1) is 0 Å². The van der Waals surface area contributed by atoms with Crippen molar-refractivity contribution in [1.29, 1.82) is 0 Å². The van der Waals surface area contributed by atoms with E-state index in [4.69, 9.17) is 5.73 Å². The lowest BCUT2D eigenvalue weighted by Crippen LogP contribution is -2.37. The molecule has 1 aromatic carbocycles. The lowest BCUT2D eigenvalue weighted by atomic mass is 10.0. The Morgan fingerprint density at radius 3 is 2.42 bits per heavy atom. The van der Waals surface area contributed by atoms with Gasteiger partial charge in [-0.3, -0.25) is 4.79 Å². The number of carbonyl (C=O) groups excluding carboxylic acids is 1. The number of amides is 1. The summed E-state index contributed by atoms with van der Waals surface area (Å²) in [6.45, 7) is 2.83. The molecule has 1 amide bonds. The average molecular weight is 258 g/mol. The standard InChI is InChI=1S/C16H22N2O/c1-11(13-4-5-13)16(19)18(15-8-9-15)10-12-2-6-14(17)7-3-12/h2-3,6-7,11,13,15H,4-5,8-10,17H2,1H3. The third-order valence-electron chi connectivity index (χ3n) is 4.32. The average Bonchev–Trinajstić information content (AvgIpc) is 3.29. The summed E-state index contributed by atoms with van der Waals surface area (Å²) in [5, 5.41) is 0. The van der Waals surface area contributed by atoms with Gasteiger partial charge >= 0.3 is 0 Å². The summed E-state index contributed by atoms with van der Waals surface area (Å²) < 4.78 is 0. The van der Waals surface area contributed by atoms with E-state index in [0.717, 1.165) is 25.1 Å². The fourth-order valence-corrected chi connectivity index (χ4v) is 2.65. The van der Waals surface area contributed by atoms with Crippen LogP contribution in [0.15, 0.2) is 24.3 Å². The molecule has 0 aliphatic heterocycles. The van der Waals surface area contributed by atoms with Crippen molar-refractivity contribution in [3.63, 3.8) is 0 Å². The molecular formula is C16H22N2O. The Kier molecular flexibility index (Phi) is 3.21. The number of hydrogen-bond donors (Lipinski definition) is 1. The third kappa shape index (κ3) is 2.91. The molecule has 1 atom stereocenters. The zero-order valence-electron chi connectivity index (χ0n) is 11.5. The molecule has 2 N–H and O–H groups in total. The number of rotatable bonds is 5. The van der Waals surface area contributed by atoms with Gasteiger partial charge < -0.3 is 10.6 Å². The van der Waals surface area contributed by atoms with E-state index in [1.165, 1.54) is 18.4 Å². The van der Waals surface area contributed by atoms with Crippen LogP contribution in [-0.4, -0.2) is 16.8 Å². The zero-order chi connectivity index (χ0) is 13.4. The van der Waals surface area contributed by atoms with Crippen molar-refractivity contribution >= 4 is 11.6 Å². The van der Waals surface area contributed by atoms with Crippen LogP contribution in [0.25, 0.3) is 0 Å². The molecule has 0 radical (unpaired) electrons. The SMILES string of the molecule is CC(C(=O)N(Cc1ccc(N)cc1)C1CC1)C1CC1. The van der Waals surface area contributed by atoms with Crippen molar-refractivity contribution in [3.8, 4) is 0 Å². The monoisotopic (exact) mass is 258 g/mol. The molecule has 3 heteroatoms. The van der Waals surface area contributed by atoms with E-state index in [9.17, 15) is 4.79 Å². The van der Waals surface area contributed by atoms with Crippen molar-refractivity contribution in [2.75, 3.05) is 5.73 Å². The Morgan fingerprint density at radius 1 is 1.26 bits per heavy atom. The highest BCUT2D eigenvalue weighted by atomic mass is 16.2. The van der Waals surface area contributed by atoms with E-state index >= 15 is 0 Å². The van der Waals surface area contributed by atoms with E-state index in [2.05, 4.69) is 11.8 Å². The van der Waals surface area contributed by atoms with E-state index in [-0.39, 0.29) is 5.92 Å². The van der Waals surface area contributed by atoms with E-state index in [1.54, 1.807) is 0 Å². The van der Waals surface area contributed by atoms with Gasteiger partial charge in [-0.25, -0.2) is 0 Å². The molecule has 0 heterocycles. The van der Waals surface area contributed by atoms with Gasteiger partial charge in [0.15, 0.2) is 0 Å². The maximum Gasteiger partial charge on any atom is 0.226 e. The largest absolute Gasteiger partial charge is 0.399 e. The molecule has 1 unspecified atom stereocenters. The molecule has 0 saturated heterocycles. The first kappa shape index (κ1) is 12.5. The first-order chi connectivity index (χ1) is 9.15. The summed E-state index contributed by atoms with van der Waals surface area (Å²) >= 11 is 0. The lowest BCUT2D eigenvalue weighted by molar-refractivity contribution is -0.136. The number of anilines is 1. The first-order valence-corrected chi connectivity index (χ1v) is 7.30. The minimum absolute atomic E-state index is 0.203. The molecule has 2 fully saturated rings. The van der Waals surface area contributed by atoms with Gasteiger partial charge in [-0.1, -0.05) is 19.1 Å². The molecule has 2 saturated carbocycles. The molecule has 19 heavy (non-hydrogen) atoms. The second-order valence-electron chi connectivity index (χ2n) is 6.06. The van der Waals surface area contributed by atoms with Crippen LogP contribution in [0, 0.1) is 11.8 Å². The van der Waals surface area contributed by atoms with Gasteiger partial charge in [-0.05, 0) is 49.3 Å². The van der Waals surface area contributed by atoms with Crippen LogP contribution >= 0.6 is 0 Å². The van der Waals surface area contributed by atoms with Gasteiger partial charge in [0.1, 0.15) is 0 Å². The van der Waals surface area contributed by atoms with Crippen LogP contribution in [0.4, 0.5) is 5.69 Å². The summed E-state index contributed by atoms with van der Waals surface area (Å²) in [5.41, 5.74) is 7.66. The zero-order valence-corrected chi connectivity index (χ0v) is 11.5. The van der Waals surface area contributed by atoms with Gasteiger partial charge in [-0.2, -0.15) is 0 Å². The van der Waals surface area contributed by atoms with Crippen LogP contribution in [0.2, 0.25) is 0 Å². The second-order valence-corrected chi connectivity index (χ2v) is 6.06.